The Morgan fingerprint density at radius 2 is 1.90 bits per heavy atom. The van der Waals surface area contributed by atoms with Crippen LogP contribution in [0, 0.1) is 23.0 Å². The average molecular weight is 413 g/mol. The number of amides is 1. The molecule has 1 heterocycles. The largest absolute Gasteiger partial charge is 0.493 e. The van der Waals surface area contributed by atoms with Crippen molar-refractivity contribution in [3.8, 4) is 11.5 Å². The number of carbonyl (C=O) groups is 1. The van der Waals surface area contributed by atoms with Gasteiger partial charge in [0.25, 0.3) is 11.6 Å². The molecule has 1 atom stereocenters. The second-order valence-corrected chi connectivity index (χ2v) is 7.63. The molecule has 1 aliphatic heterocycles. The van der Waals surface area contributed by atoms with Crippen LogP contribution in [0.15, 0.2) is 30.3 Å². The monoisotopic (exact) mass is 413 g/mol. The molecular formula is C22H27N3O5. The van der Waals surface area contributed by atoms with Gasteiger partial charge in [0, 0.05) is 36.5 Å². The molecule has 8 heteroatoms. The van der Waals surface area contributed by atoms with E-state index in [0.29, 0.717) is 28.8 Å². The fourth-order valence-corrected chi connectivity index (χ4v) is 3.80. The highest BCUT2D eigenvalue weighted by Crippen LogP contribution is 2.35. The Hall–Kier alpha value is -3.29. The van der Waals surface area contributed by atoms with E-state index in [4.69, 9.17) is 9.47 Å². The van der Waals surface area contributed by atoms with E-state index in [1.807, 2.05) is 11.8 Å². The number of hydrogen-bond acceptors (Lipinski definition) is 6. The highest BCUT2D eigenvalue weighted by molar-refractivity contribution is 6.05. The first-order chi connectivity index (χ1) is 14.3. The Kier molecular flexibility index (Phi) is 6.44. The first-order valence-corrected chi connectivity index (χ1v) is 9.91. The Morgan fingerprint density at radius 1 is 1.20 bits per heavy atom. The predicted molar refractivity (Wildman–Crippen MR) is 116 cm³/mol. The van der Waals surface area contributed by atoms with Gasteiger partial charge < -0.3 is 19.7 Å². The van der Waals surface area contributed by atoms with Crippen LogP contribution in [0.25, 0.3) is 0 Å². The number of nitrogens with one attached hydrogen (secondary N) is 1. The molecule has 160 valence electrons. The summed E-state index contributed by atoms with van der Waals surface area (Å²) in [7, 11) is 3.06. The summed E-state index contributed by atoms with van der Waals surface area (Å²) in [5.74, 6) is 1.10. The van der Waals surface area contributed by atoms with Gasteiger partial charge >= 0.3 is 0 Å². The summed E-state index contributed by atoms with van der Waals surface area (Å²) in [6, 6.07) is 8.08. The number of hydrogen-bond donors (Lipinski definition) is 1. The predicted octanol–water partition coefficient (Wildman–Crippen LogP) is 4.41. The minimum absolute atomic E-state index is 0.0548. The van der Waals surface area contributed by atoms with Crippen molar-refractivity contribution in [3.63, 3.8) is 0 Å². The van der Waals surface area contributed by atoms with Crippen LogP contribution in [0.4, 0.5) is 17.1 Å². The van der Waals surface area contributed by atoms with Crippen molar-refractivity contribution >= 4 is 23.0 Å². The maximum absolute atomic E-state index is 12.8. The van der Waals surface area contributed by atoms with E-state index in [2.05, 4.69) is 12.2 Å². The number of piperidine rings is 1. The lowest BCUT2D eigenvalue weighted by molar-refractivity contribution is -0.384. The summed E-state index contributed by atoms with van der Waals surface area (Å²) >= 11 is 0. The van der Waals surface area contributed by atoms with E-state index < -0.39 is 10.8 Å². The molecule has 30 heavy (non-hydrogen) atoms. The lowest BCUT2D eigenvalue weighted by Gasteiger charge is -2.32. The zero-order chi connectivity index (χ0) is 21.8. The number of benzene rings is 2. The number of nitro benzene ring substituents is 1. The molecule has 1 amide bonds. The van der Waals surface area contributed by atoms with E-state index >= 15 is 0 Å². The van der Waals surface area contributed by atoms with Crippen LogP contribution >= 0.6 is 0 Å². The highest BCUT2D eigenvalue weighted by Gasteiger charge is 2.25. The van der Waals surface area contributed by atoms with E-state index in [9.17, 15) is 14.9 Å². The van der Waals surface area contributed by atoms with Crippen molar-refractivity contribution in [3.05, 3.63) is 51.6 Å². The number of nitrogens with zero attached hydrogens (tertiary/aromatic N) is 2. The quantitative estimate of drug-likeness (QED) is 0.557. The third-order valence-corrected chi connectivity index (χ3v) is 5.41. The van der Waals surface area contributed by atoms with E-state index in [1.54, 1.807) is 31.4 Å². The van der Waals surface area contributed by atoms with E-state index in [-0.39, 0.29) is 11.3 Å². The average Bonchev–Trinajstić information content (AvgIpc) is 2.74. The van der Waals surface area contributed by atoms with Crippen molar-refractivity contribution in [2.24, 2.45) is 5.92 Å². The van der Waals surface area contributed by atoms with Crippen LogP contribution in [0.2, 0.25) is 0 Å². The summed E-state index contributed by atoms with van der Waals surface area (Å²) < 4.78 is 10.6. The molecule has 8 nitrogen and oxygen atoms in total. The summed E-state index contributed by atoms with van der Waals surface area (Å²) in [6.45, 7) is 5.53. The van der Waals surface area contributed by atoms with E-state index in [1.165, 1.54) is 13.2 Å². The number of rotatable bonds is 6. The minimum Gasteiger partial charge on any atom is -0.493 e. The summed E-state index contributed by atoms with van der Waals surface area (Å²) in [6.07, 6.45) is 2.12. The molecule has 1 fully saturated rings. The lowest BCUT2D eigenvalue weighted by Crippen LogP contribution is -2.34. The van der Waals surface area contributed by atoms with Crippen LogP contribution in [-0.4, -0.2) is 38.1 Å². The summed E-state index contributed by atoms with van der Waals surface area (Å²) in [5, 5.41) is 14.5. The molecule has 2 aromatic carbocycles. The Bertz CT molecular complexity index is 960. The molecule has 2 aromatic rings. The van der Waals surface area contributed by atoms with Gasteiger partial charge in [-0.3, -0.25) is 14.9 Å². The number of nitro groups is 1. The molecule has 0 aromatic heterocycles. The minimum atomic E-state index is -0.424. The molecular weight excluding hydrogens is 386 g/mol. The first kappa shape index (κ1) is 21.4. The van der Waals surface area contributed by atoms with Crippen molar-refractivity contribution in [2.45, 2.75) is 26.7 Å². The summed E-state index contributed by atoms with van der Waals surface area (Å²) in [4.78, 5) is 26.1. The highest BCUT2D eigenvalue weighted by atomic mass is 16.6. The van der Waals surface area contributed by atoms with Crippen LogP contribution in [0.1, 0.15) is 35.7 Å². The lowest BCUT2D eigenvalue weighted by atomic mass is 9.99. The number of carbonyl (C=O) groups excluding carboxylic acids is 1. The number of ether oxygens (including phenoxy) is 2. The van der Waals surface area contributed by atoms with Gasteiger partial charge in [0.2, 0.25) is 0 Å². The normalized spacial score (nSPS) is 16.1. The van der Waals surface area contributed by atoms with Gasteiger partial charge in [-0.2, -0.15) is 0 Å². The fraction of sp³-hybridized carbons (Fsp3) is 0.409. The fourth-order valence-electron chi connectivity index (χ4n) is 3.80. The van der Waals surface area contributed by atoms with Crippen molar-refractivity contribution in [1.82, 2.24) is 0 Å². The Labute approximate surface area is 175 Å². The third-order valence-electron chi connectivity index (χ3n) is 5.41. The SMILES string of the molecule is COc1cc(C)c(NC(=O)c2ccc(N3CCC[C@H](C)C3)c([N+](=O)[O-])c2)cc1OC. The molecule has 3 rings (SSSR count). The Balaban J connectivity index is 1.88. The molecule has 0 bridgehead atoms. The summed E-state index contributed by atoms with van der Waals surface area (Å²) in [5.41, 5.74) is 2.07. The second-order valence-electron chi connectivity index (χ2n) is 7.63. The smallest absolute Gasteiger partial charge is 0.293 e. The topological polar surface area (TPSA) is 93.9 Å². The maximum Gasteiger partial charge on any atom is 0.293 e. The first-order valence-electron chi connectivity index (χ1n) is 9.91. The van der Waals surface area contributed by atoms with Gasteiger partial charge in [-0.15, -0.1) is 0 Å². The molecule has 0 unspecified atom stereocenters. The zero-order valence-corrected chi connectivity index (χ0v) is 17.7. The van der Waals surface area contributed by atoms with Gasteiger partial charge in [0.1, 0.15) is 5.69 Å². The van der Waals surface area contributed by atoms with Crippen LogP contribution < -0.4 is 19.7 Å². The zero-order valence-electron chi connectivity index (χ0n) is 17.7. The van der Waals surface area contributed by atoms with Gasteiger partial charge in [0.05, 0.1) is 19.1 Å². The molecule has 0 saturated carbocycles. The van der Waals surface area contributed by atoms with Crippen molar-refractivity contribution < 1.29 is 19.2 Å². The van der Waals surface area contributed by atoms with Gasteiger partial charge in [-0.05, 0) is 49.4 Å². The van der Waals surface area contributed by atoms with Crippen molar-refractivity contribution in [2.75, 3.05) is 37.5 Å². The molecule has 0 aliphatic carbocycles. The molecule has 1 N–H and O–H groups in total. The standard InChI is InChI=1S/C22H27N3O5/c1-14-6-5-9-24(13-14)18-8-7-16(11-19(18)25(27)28)22(26)23-17-12-21(30-4)20(29-3)10-15(17)2/h7-8,10-12,14H,5-6,9,13H2,1-4H3,(H,23,26)/t14-/m0/s1. The van der Waals surface area contributed by atoms with Gasteiger partial charge in [-0.1, -0.05) is 6.92 Å². The van der Waals surface area contributed by atoms with Crippen LogP contribution in [0.5, 0.6) is 11.5 Å². The van der Waals surface area contributed by atoms with Crippen LogP contribution in [0.3, 0.4) is 0 Å². The van der Waals surface area contributed by atoms with Gasteiger partial charge in [-0.25, -0.2) is 0 Å². The Morgan fingerprint density at radius 3 is 2.53 bits per heavy atom. The van der Waals surface area contributed by atoms with Crippen molar-refractivity contribution in [1.29, 1.82) is 0 Å². The molecule has 0 spiro atoms. The molecule has 1 aliphatic rings. The van der Waals surface area contributed by atoms with E-state index in [0.717, 1.165) is 31.5 Å². The molecule has 1 saturated heterocycles. The number of anilines is 2. The second kappa shape index (κ2) is 9.02. The maximum atomic E-state index is 12.8. The third kappa shape index (κ3) is 4.48. The molecule has 0 radical (unpaired) electrons. The number of methoxy groups -OCH3 is 2. The van der Waals surface area contributed by atoms with Gasteiger partial charge in [0.15, 0.2) is 11.5 Å². The van der Waals surface area contributed by atoms with Crippen LogP contribution in [-0.2, 0) is 0 Å². The number of aryl methyl sites for hydroxylation is 1.